The number of nitriles is 1. The van der Waals surface area contributed by atoms with Crippen LogP contribution in [-0.4, -0.2) is 120 Å². The molecule has 3 fully saturated rings. The highest BCUT2D eigenvalue weighted by Gasteiger charge is 2.64. The molecule has 392 valence electrons. The normalized spacial score (nSPS) is 21.1. The molecule has 0 radical (unpaired) electrons. The summed E-state index contributed by atoms with van der Waals surface area (Å²) >= 11 is 7.84. The Hall–Kier alpha value is -5.57. The van der Waals surface area contributed by atoms with Crippen molar-refractivity contribution in [1.29, 1.82) is 5.26 Å². The average molecular weight is 1040 g/mol. The number of rotatable bonds is 21. The Morgan fingerprint density at radius 2 is 1.60 bits per heavy atom. The van der Waals surface area contributed by atoms with Crippen LogP contribution in [0.2, 0.25) is 5.02 Å². The lowest BCUT2D eigenvalue weighted by atomic mass is 9.49. The molecular weight excluding hydrogens is 966 g/mol. The number of β-amino-alcohol motifs (C(OH)–C–C–N with tert-alkyl or cyclic N) is 1. The molecule has 73 heavy (non-hydrogen) atoms. The molecule has 17 heteroatoms. The van der Waals surface area contributed by atoms with Gasteiger partial charge in [0.15, 0.2) is 0 Å². The van der Waals surface area contributed by atoms with E-state index in [0.29, 0.717) is 53.8 Å². The summed E-state index contributed by atoms with van der Waals surface area (Å²) < 4.78 is 18.0. The van der Waals surface area contributed by atoms with Crippen molar-refractivity contribution in [3.8, 4) is 28.0 Å². The summed E-state index contributed by atoms with van der Waals surface area (Å²) in [5, 5.41) is 29.7. The van der Waals surface area contributed by atoms with E-state index in [-0.39, 0.29) is 49.6 Å². The zero-order valence-corrected chi connectivity index (χ0v) is 45.0. The van der Waals surface area contributed by atoms with Crippen LogP contribution in [0.15, 0.2) is 72.2 Å². The summed E-state index contributed by atoms with van der Waals surface area (Å²) in [6, 6.07) is 20.0. The molecule has 1 aromatic heterocycles. The monoisotopic (exact) mass is 1040 g/mol. The van der Waals surface area contributed by atoms with Crippen molar-refractivity contribution >= 4 is 46.6 Å². The van der Waals surface area contributed by atoms with Gasteiger partial charge in [-0.15, -0.1) is 11.3 Å². The highest BCUT2D eigenvalue weighted by Crippen LogP contribution is 2.55. The van der Waals surface area contributed by atoms with Crippen LogP contribution >= 0.6 is 22.9 Å². The molecule has 2 aliphatic heterocycles. The number of ether oxygens (including phenoxy) is 3. The Kier molecular flexibility index (Phi) is 18.0. The first-order valence-electron chi connectivity index (χ1n) is 25.5. The quantitative estimate of drug-likeness (QED) is 0.0587. The van der Waals surface area contributed by atoms with E-state index in [0.717, 1.165) is 60.5 Å². The molecule has 0 bridgehead atoms. The number of amides is 4. The van der Waals surface area contributed by atoms with Gasteiger partial charge in [0.1, 0.15) is 42.4 Å². The van der Waals surface area contributed by atoms with Crippen molar-refractivity contribution in [3.05, 3.63) is 99.6 Å². The van der Waals surface area contributed by atoms with Crippen molar-refractivity contribution in [2.75, 3.05) is 46.0 Å². The predicted molar refractivity (Wildman–Crippen MR) is 282 cm³/mol. The topological polar surface area (TPSA) is 195 Å². The van der Waals surface area contributed by atoms with Gasteiger partial charge in [0, 0.05) is 54.6 Å². The number of carbonyl (C=O) groups excluding carboxylic acids is 4. The zero-order chi connectivity index (χ0) is 52.7. The van der Waals surface area contributed by atoms with Crippen molar-refractivity contribution in [1.82, 2.24) is 30.7 Å². The number of likely N-dealkylation sites (tertiary alicyclic amines) is 2. The van der Waals surface area contributed by atoms with E-state index < -0.39 is 46.2 Å². The second-order valence-corrected chi connectivity index (χ2v) is 23.3. The third-order valence-electron chi connectivity index (χ3n) is 14.5. The fraction of sp³-hybridized carbons (Fsp3) is 0.536. The minimum atomic E-state index is -0.967. The molecule has 3 aromatic carbocycles. The number of aromatic nitrogens is 1. The molecule has 4 atom stereocenters. The number of unbranched alkanes of at least 4 members (excludes halogenated alkanes) is 2. The fourth-order valence-electron chi connectivity index (χ4n) is 10.8. The summed E-state index contributed by atoms with van der Waals surface area (Å²) in [7, 11) is 0. The number of aliphatic hydroxyl groups is 1. The van der Waals surface area contributed by atoms with Gasteiger partial charge in [0.05, 0.1) is 45.4 Å². The Bertz CT molecular complexity index is 2590. The van der Waals surface area contributed by atoms with Gasteiger partial charge < -0.3 is 45.1 Å². The smallest absolute Gasteiger partial charge is 0.251 e. The second-order valence-electron chi connectivity index (χ2n) is 22.0. The van der Waals surface area contributed by atoms with Gasteiger partial charge in [-0.1, -0.05) is 84.3 Å². The highest BCUT2D eigenvalue weighted by atomic mass is 35.5. The zero-order valence-electron chi connectivity index (χ0n) is 43.5. The summed E-state index contributed by atoms with van der Waals surface area (Å²) in [5.74, 6) is -0.177. The van der Waals surface area contributed by atoms with E-state index >= 15 is 0 Å². The van der Waals surface area contributed by atoms with E-state index in [4.69, 9.17) is 25.8 Å². The number of aryl methyl sites for hydroxylation is 1. The van der Waals surface area contributed by atoms with Gasteiger partial charge in [0.2, 0.25) is 17.7 Å². The molecule has 4 N–H and O–H groups in total. The van der Waals surface area contributed by atoms with E-state index in [1.165, 1.54) is 4.90 Å². The molecule has 4 amide bonds. The van der Waals surface area contributed by atoms with Crippen molar-refractivity contribution < 1.29 is 38.5 Å². The standard InChI is InChI=1S/C56H72ClN7O8S/c1-35-47(73-34-59-35)37-16-14-36(15-17-37)44(32-63-24-10-11-25-63)60-50(68)45-28-40(65)31-64(45)51(69)48(54(2,3)4)61-46(66)33-70-26-12-9-13-27-71-41-21-18-38(19-22-41)49(67)62-52-55(5,6)53(56(52,7)8)72-42-23-20-39(30-58)43(57)29-42/h14-23,29,34,40,44-45,48,52-53,65H,9-13,24-28,31-33H2,1-8H3,(H,60,68)(H,61,66)(H,62,67)/t40-,44-,45+,48-,52?,53?/m1/s1. The number of benzene rings is 3. The Balaban J connectivity index is 0.827. The first-order valence-corrected chi connectivity index (χ1v) is 26.7. The predicted octanol–water partition coefficient (Wildman–Crippen LogP) is 8.27. The lowest BCUT2D eigenvalue weighted by Crippen LogP contribution is -2.74. The highest BCUT2D eigenvalue weighted by molar-refractivity contribution is 7.13. The van der Waals surface area contributed by atoms with E-state index in [1.807, 2.05) is 45.3 Å². The number of nitrogens with one attached hydrogen (secondary N) is 3. The van der Waals surface area contributed by atoms with Gasteiger partial charge in [-0.2, -0.15) is 5.26 Å². The molecule has 0 spiro atoms. The molecule has 15 nitrogen and oxygen atoms in total. The van der Waals surface area contributed by atoms with Crippen LogP contribution in [0.4, 0.5) is 0 Å². The molecule has 1 saturated carbocycles. The van der Waals surface area contributed by atoms with Gasteiger partial charge in [0.25, 0.3) is 5.91 Å². The average Bonchev–Trinajstić information content (AvgIpc) is 4.13. The Labute approximate surface area is 439 Å². The van der Waals surface area contributed by atoms with Crippen molar-refractivity contribution in [3.63, 3.8) is 0 Å². The summed E-state index contributed by atoms with van der Waals surface area (Å²) in [4.78, 5) is 64.4. The first-order chi connectivity index (χ1) is 34.7. The van der Waals surface area contributed by atoms with Gasteiger partial charge in [-0.3, -0.25) is 19.2 Å². The van der Waals surface area contributed by atoms with Crippen LogP contribution in [0.5, 0.6) is 11.5 Å². The molecule has 0 unspecified atom stereocenters. The van der Waals surface area contributed by atoms with Crippen molar-refractivity contribution in [2.24, 2.45) is 16.2 Å². The number of carbonyl (C=O) groups is 4. The van der Waals surface area contributed by atoms with Crippen LogP contribution in [0, 0.1) is 34.5 Å². The maximum Gasteiger partial charge on any atom is 0.251 e. The van der Waals surface area contributed by atoms with Crippen LogP contribution < -0.4 is 25.4 Å². The fourth-order valence-corrected chi connectivity index (χ4v) is 11.9. The van der Waals surface area contributed by atoms with Gasteiger partial charge in [-0.05, 0) is 105 Å². The third-order valence-corrected chi connectivity index (χ3v) is 15.8. The summed E-state index contributed by atoms with van der Waals surface area (Å²) in [6.07, 6.45) is 3.43. The number of aliphatic hydroxyl groups excluding tert-OH is 1. The van der Waals surface area contributed by atoms with Crippen LogP contribution in [-0.2, 0) is 19.1 Å². The van der Waals surface area contributed by atoms with Crippen LogP contribution in [0.25, 0.3) is 10.4 Å². The molecule has 2 saturated heterocycles. The van der Waals surface area contributed by atoms with Crippen molar-refractivity contribution in [2.45, 2.75) is 130 Å². The minimum Gasteiger partial charge on any atom is -0.494 e. The van der Waals surface area contributed by atoms with Crippen LogP contribution in [0.1, 0.15) is 120 Å². The molecule has 3 aliphatic rings. The summed E-state index contributed by atoms with van der Waals surface area (Å²) in [6.45, 7) is 18.9. The maximum atomic E-state index is 14.3. The SMILES string of the molecule is Cc1ncsc1-c1ccc([C@@H](CN2CCCC2)NC(=O)[C@@H]2C[C@@H](O)CN2C(=O)[C@@H](NC(=O)COCCCCCOc2ccc(C(=O)NC3C(C)(C)C(Oc4ccc(C#N)c(Cl)c4)C3(C)C)cc2)C(C)(C)C)cc1. The molecule has 4 aromatic rings. The lowest BCUT2D eigenvalue weighted by molar-refractivity contribution is -0.164. The second kappa shape index (κ2) is 23.7. The Morgan fingerprint density at radius 3 is 2.23 bits per heavy atom. The maximum absolute atomic E-state index is 14.3. The molecular formula is C56H72ClN7O8S. The van der Waals surface area contributed by atoms with Crippen LogP contribution in [0.3, 0.4) is 0 Å². The van der Waals surface area contributed by atoms with E-state index in [9.17, 15) is 29.5 Å². The summed E-state index contributed by atoms with van der Waals surface area (Å²) in [5.41, 5.74) is 4.23. The number of thiazole rings is 1. The lowest BCUT2D eigenvalue weighted by Gasteiger charge is -2.63. The van der Waals surface area contributed by atoms with E-state index in [2.05, 4.69) is 71.7 Å². The number of hydrogen-bond donors (Lipinski definition) is 4. The van der Waals surface area contributed by atoms with Gasteiger partial charge in [-0.25, -0.2) is 4.98 Å². The molecule has 1 aliphatic carbocycles. The molecule has 7 rings (SSSR count). The Morgan fingerprint density at radius 1 is 0.932 bits per heavy atom. The first kappa shape index (κ1) is 55.2. The van der Waals surface area contributed by atoms with E-state index in [1.54, 1.807) is 53.8 Å². The third kappa shape index (κ3) is 13.4. The van der Waals surface area contributed by atoms with Gasteiger partial charge >= 0.3 is 0 Å². The minimum absolute atomic E-state index is 0.0162. The molecule has 3 heterocycles. The largest absolute Gasteiger partial charge is 0.494 e. The number of nitrogens with zero attached hydrogens (tertiary/aromatic N) is 4. The number of halogens is 1. The number of hydrogen-bond acceptors (Lipinski definition) is 12.